The Morgan fingerprint density at radius 3 is 2.58 bits per heavy atom. The number of halogens is 1. The number of nitro benzene ring substituents is 1. The number of fused-ring (bicyclic) bond motifs is 2. The number of non-ortho nitro benzene ring substituents is 1. The van der Waals surface area contributed by atoms with Crippen LogP contribution in [0.1, 0.15) is 47.6 Å². The van der Waals surface area contributed by atoms with Gasteiger partial charge in [0.1, 0.15) is 5.69 Å². The van der Waals surface area contributed by atoms with Gasteiger partial charge >= 0.3 is 0 Å². The Kier molecular flexibility index (Phi) is 6.66. The Morgan fingerprint density at radius 1 is 1.18 bits per heavy atom. The number of aromatic nitrogens is 1. The van der Waals surface area contributed by atoms with Gasteiger partial charge in [-0.2, -0.15) is 0 Å². The summed E-state index contributed by atoms with van der Waals surface area (Å²) in [7, 11) is 3.62. The van der Waals surface area contributed by atoms with Crippen LogP contribution in [0.3, 0.4) is 0 Å². The predicted octanol–water partition coefficient (Wildman–Crippen LogP) is 4.82. The highest BCUT2D eigenvalue weighted by atomic mass is 19.1. The molecule has 1 aromatic heterocycles. The number of nitrogens with zero attached hydrogens (tertiary/aromatic N) is 4. The van der Waals surface area contributed by atoms with Crippen LogP contribution in [0, 0.1) is 21.8 Å². The maximum atomic E-state index is 15.9. The number of ether oxygens (including phenoxy) is 1. The molecule has 208 valence electrons. The normalized spacial score (nSPS) is 21.2. The maximum absolute atomic E-state index is 15.9. The summed E-state index contributed by atoms with van der Waals surface area (Å²) >= 11 is 0. The molecule has 3 fully saturated rings. The fourth-order valence-corrected chi connectivity index (χ4v) is 6.30. The summed E-state index contributed by atoms with van der Waals surface area (Å²) in [5.74, 6) is -0.265. The minimum atomic E-state index is -0.552. The molecule has 3 heterocycles. The van der Waals surface area contributed by atoms with Crippen molar-refractivity contribution in [3.63, 3.8) is 0 Å². The number of likely N-dealkylation sites (tertiary alicyclic amines) is 1. The molecule has 10 heteroatoms. The molecule has 0 bridgehead atoms. The van der Waals surface area contributed by atoms with Gasteiger partial charge in [0.2, 0.25) is 5.43 Å². The first-order valence-corrected chi connectivity index (χ1v) is 13.6. The molecule has 1 saturated carbocycles. The molecule has 0 amide bonds. The van der Waals surface area contributed by atoms with Crippen LogP contribution in [0.15, 0.2) is 47.4 Å². The van der Waals surface area contributed by atoms with Crippen LogP contribution in [-0.2, 0) is 0 Å². The molecule has 2 aliphatic heterocycles. The number of piperidine rings is 1. The van der Waals surface area contributed by atoms with Crippen molar-refractivity contribution in [1.82, 2.24) is 9.47 Å². The maximum Gasteiger partial charge on any atom is 0.269 e. The zero-order chi connectivity index (χ0) is 28.1. The lowest BCUT2D eigenvalue weighted by molar-refractivity contribution is -0.384. The first-order valence-electron chi connectivity index (χ1n) is 13.6. The van der Waals surface area contributed by atoms with E-state index in [2.05, 4.69) is 16.8 Å². The number of anilines is 1. The topological polar surface area (TPSA) is 97.9 Å². The number of ketones is 1. The van der Waals surface area contributed by atoms with Crippen molar-refractivity contribution in [3.8, 4) is 5.75 Å². The molecule has 3 aromatic rings. The molecule has 2 aromatic carbocycles. The van der Waals surface area contributed by atoms with E-state index in [4.69, 9.17) is 4.74 Å². The van der Waals surface area contributed by atoms with Crippen LogP contribution in [0.2, 0.25) is 0 Å². The Hall–Kier alpha value is -4.05. The third kappa shape index (κ3) is 4.56. The second-order valence-corrected chi connectivity index (χ2v) is 11.0. The van der Waals surface area contributed by atoms with Crippen molar-refractivity contribution in [3.05, 3.63) is 79.9 Å². The number of hydrogen-bond acceptors (Lipinski definition) is 7. The van der Waals surface area contributed by atoms with Crippen LogP contribution in [-0.4, -0.2) is 60.0 Å². The van der Waals surface area contributed by atoms with Gasteiger partial charge in [-0.05, 0) is 75.0 Å². The monoisotopic (exact) mass is 546 g/mol. The first-order chi connectivity index (χ1) is 19.3. The van der Waals surface area contributed by atoms with Gasteiger partial charge < -0.3 is 19.1 Å². The number of carbonyl (C=O) groups excluding carboxylic acids is 1. The summed E-state index contributed by atoms with van der Waals surface area (Å²) in [4.78, 5) is 41.6. The highest BCUT2D eigenvalue weighted by Gasteiger charge is 2.40. The van der Waals surface area contributed by atoms with Gasteiger partial charge in [-0.25, -0.2) is 4.39 Å². The minimum Gasteiger partial charge on any atom is -0.492 e. The second-order valence-electron chi connectivity index (χ2n) is 11.0. The number of likely N-dealkylation sites (N-methyl/N-ethyl adjacent to an activating group) is 1. The van der Waals surface area contributed by atoms with Gasteiger partial charge in [0.15, 0.2) is 17.3 Å². The Morgan fingerprint density at radius 2 is 1.93 bits per heavy atom. The van der Waals surface area contributed by atoms with Crippen molar-refractivity contribution < 1.29 is 18.8 Å². The molecule has 2 saturated heterocycles. The summed E-state index contributed by atoms with van der Waals surface area (Å²) in [6, 6.07) is 7.45. The predicted molar refractivity (Wildman–Crippen MR) is 151 cm³/mol. The largest absolute Gasteiger partial charge is 0.492 e. The van der Waals surface area contributed by atoms with Gasteiger partial charge in [0.05, 0.1) is 28.5 Å². The van der Waals surface area contributed by atoms with E-state index in [9.17, 15) is 19.7 Å². The average molecular weight is 547 g/mol. The lowest BCUT2D eigenvalue weighted by Crippen LogP contribution is -2.42. The number of nitro groups is 1. The zero-order valence-corrected chi connectivity index (χ0v) is 22.5. The number of methoxy groups -OCH3 is 1. The Balaban J connectivity index is 1.41. The van der Waals surface area contributed by atoms with Crippen molar-refractivity contribution in [2.45, 2.75) is 37.8 Å². The van der Waals surface area contributed by atoms with E-state index < -0.39 is 22.0 Å². The van der Waals surface area contributed by atoms with E-state index in [-0.39, 0.29) is 22.7 Å². The van der Waals surface area contributed by atoms with E-state index in [0.717, 1.165) is 38.8 Å². The lowest BCUT2D eigenvalue weighted by Gasteiger charge is -2.33. The third-order valence-corrected chi connectivity index (χ3v) is 8.51. The fourth-order valence-electron chi connectivity index (χ4n) is 6.30. The standard InChI is InChI=1S/C30H31FN4O5/c1-32-13-3-4-19-15-33(17-25(19)32)28-24(31)14-22-27(30(28)40-2)34(20-10-11-20)16-23(29(22)37)26(36)12-7-18-5-8-21(9-6-18)35(38)39/h5-9,12,14,16,19-20,25H,3-4,10-11,13,15,17H2,1-2H3. The Labute approximate surface area is 230 Å². The van der Waals surface area contributed by atoms with Crippen LogP contribution < -0.4 is 15.1 Å². The number of benzene rings is 2. The molecule has 0 radical (unpaired) electrons. The highest BCUT2D eigenvalue weighted by Crippen LogP contribution is 2.45. The van der Waals surface area contributed by atoms with Gasteiger partial charge in [-0.15, -0.1) is 0 Å². The number of hydrogen-bond donors (Lipinski definition) is 0. The van der Waals surface area contributed by atoms with E-state index in [0.29, 0.717) is 41.0 Å². The molecule has 2 atom stereocenters. The molecule has 2 unspecified atom stereocenters. The van der Waals surface area contributed by atoms with Crippen molar-refractivity contribution in [2.24, 2.45) is 5.92 Å². The third-order valence-electron chi connectivity index (χ3n) is 8.51. The fraction of sp³-hybridized carbons (Fsp3) is 0.400. The van der Waals surface area contributed by atoms with Crippen LogP contribution >= 0.6 is 0 Å². The molecule has 1 aliphatic carbocycles. The first kappa shape index (κ1) is 26.2. The van der Waals surface area contributed by atoms with Crippen LogP contribution in [0.5, 0.6) is 5.75 Å². The van der Waals surface area contributed by atoms with E-state index in [1.165, 1.54) is 49.6 Å². The van der Waals surface area contributed by atoms with Crippen LogP contribution in [0.25, 0.3) is 17.0 Å². The summed E-state index contributed by atoms with van der Waals surface area (Å²) in [5.41, 5.74) is 0.815. The van der Waals surface area contributed by atoms with Crippen molar-refractivity contribution in [1.29, 1.82) is 0 Å². The van der Waals surface area contributed by atoms with E-state index >= 15 is 4.39 Å². The van der Waals surface area contributed by atoms with E-state index in [1.54, 1.807) is 6.20 Å². The molecule has 0 N–H and O–H groups in total. The number of rotatable bonds is 7. The van der Waals surface area contributed by atoms with Gasteiger partial charge in [0.25, 0.3) is 5.69 Å². The zero-order valence-electron chi connectivity index (χ0n) is 22.5. The van der Waals surface area contributed by atoms with Gasteiger partial charge in [0, 0.05) is 43.5 Å². The number of allylic oxidation sites excluding steroid dienone is 1. The summed E-state index contributed by atoms with van der Waals surface area (Å²) in [6.07, 6.45) is 8.36. The molecule has 6 rings (SSSR count). The summed E-state index contributed by atoms with van der Waals surface area (Å²) in [6.45, 7) is 2.45. The molecule has 0 spiro atoms. The van der Waals surface area contributed by atoms with Crippen molar-refractivity contribution in [2.75, 3.05) is 38.7 Å². The van der Waals surface area contributed by atoms with Crippen molar-refractivity contribution >= 4 is 34.1 Å². The molecule has 3 aliphatic rings. The average Bonchev–Trinajstić information content (AvgIpc) is 3.70. The Bertz CT molecular complexity index is 1590. The summed E-state index contributed by atoms with van der Waals surface area (Å²) in [5, 5.41) is 11.0. The number of carbonyl (C=O) groups is 1. The smallest absolute Gasteiger partial charge is 0.269 e. The molecule has 40 heavy (non-hydrogen) atoms. The highest BCUT2D eigenvalue weighted by molar-refractivity contribution is 6.08. The second kappa shape index (κ2) is 10.2. The molecular formula is C30H31FN4O5. The van der Waals surface area contributed by atoms with Gasteiger partial charge in [-0.3, -0.25) is 19.7 Å². The molecule has 9 nitrogen and oxygen atoms in total. The van der Waals surface area contributed by atoms with Crippen LogP contribution in [0.4, 0.5) is 15.8 Å². The van der Waals surface area contributed by atoms with Gasteiger partial charge in [-0.1, -0.05) is 6.08 Å². The molecular weight excluding hydrogens is 515 g/mol. The number of pyridine rings is 1. The van der Waals surface area contributed by atoms with E-state index in [1.807, 2.05) is 4.57 Å². The SMILES string of the molecule is COc1c(N2CC3CCCN(C)C3C2)c(F)cc2c(=O)c(C(=O)C=Cc3ccc([N+](=O)[O-])cc3)cn(C3CC3)c12. The summed E-state index contributed by atoms with van der Waals surface area (Å²) < 4.78 is 23.6. The quantitative estimate of drug-likeness (QED) is 0.181. The minimum absolute atomic E-state index is 0.0550. The lowest BCUT2D eigenvalue weighted by atomic mass is 9.93.